The van der Waals surface area contributed by atoms with Crippen LogP contribution in [0.4, 0.5) is 0 Å². The van der Waals surface area contributed by atoms with E-state index in [1.165, 1.54) is 0 Å². The first kappa shape index (κ1) is 15.8. The lowest BCUT2D eigenvalue weighted by atomic mass is 10.2. The van der Waals surface area contributed by atoms with Gasteiger partial charge in [-0.05, 0) is 39.8 Å². The SMILES string of the molecule is CCN(CC)C(=O)C(C)n1c(C(C)Cl)nc2cccnc21. The maximum absolute atomic E-state index is 12.6. The fraction of sp³-hybridized carbons (Fsp3) is 0.533. The zero-order valence-corrected chi connectivity index (χ0v) is 13.6. The van der Waals surface area contributed by atoms with E-state index in [1.54, 1.807) is 6.20 Å². The maximum Gasteiger partial charge on any atom is 0.245 e. The number of pyridine rings is 1. The second-order valence-electron chi connectivity index (χ2n) is 4.99. The van der Waals surface area contributed by atoms with E-state index in [9.17, 15) is 4.79 Å². The molecule has 0 N–H and O–H groups in total. The first-order chi connectivity index (χ1) is 10.0. The summed E-state index contributed by atoms with van der Waals surface area (Å²) >= 11 is 6.24. The molecule has 1 amide bonds. The van der Waals surface area contributed by atoms with Crippen LogP contribution >= 0.6 is 11.6 Å². The van der Waals surface area contributed by atoms with Gasteiger partial charge < -0.3 is 4.90 Å². The third kappa shape index (κ3) is 2.88. The normalized spacial score (nSPS) is 14.1. The molecule has 0 saturated heterocycles. The number of aromatic nitrogens is 3. The highest BCUT2D eigenvalue weighted by molar-refractivity contribution is 6.20. The summed E-state index contributed by atoms with van der Waals surface area (Å²) in [6.07, 6.45) is 1.71. The van der Waals surface area contributed by atoms with Gasteiger partial charge in [-0.1, -0.05) is 0 Å². The minimum Gasteiger partial charge on any atom is -0.341 e. The second-order valence-corrected chi connectivity index (χ2v) is 5.64. The first-order valence-electron chi connectivity index (χ1n) is 7.26. The quantitative estimate of drug-likeness (QED) is 0.797. The molecule has 2 rings (SSSR count). The summed E-state index contributed by atoms with van der Waals surface area (Å²) in [5.41, 5.74) is 1.47. The number of nitrogens with zero attached hydrogens (tertiary/aromatic N) is 4. The van der Waals surface area contributed by atoms with E-state index >= 15 is 0 Å². The number of rotatable bonds is 5. The smallest absolute Gasteiger partial charge is 0.245 e. The molecule has 0 aliphatic heterocycles. The van der Waals surface area contributed by atoms with Crippen molar-refractivity contribution < 1.29 is 4.79 Å². The number of likely N-dealkylation sites (N-methyl/N-ethyl adjacent to an activating group) is 1. The lowest BCUT2D eigenvalue weighted by Crippen LogP contribution is -2.36. The van der Waals surface area contributed by atoms with Crippen LogP contribution in [0, 0.1) is 0 Å². The zero-order valence-electron chi connectivity index (χ0n) is 12.9. The van der Waals surface area contributed by atoms with Gasteiger partial charge in [0.15, 0.2) is 5.65 Å². The van der Waals surface area contributed by atoms with Crippen molar-refractivity contribution in [3.63, 3.8) is 0 Å². The predicted molar refractivity (Wildman–Crippen MR) is 84.4 cm³/mol. The Morgan fingerprint density at radius 1 is 1.38 bits per heavy atom. The minimum atomic E-state index is -0.374. The summed E-state index contributed by atoms with van der Waals surface area (Å²) in [6, 6.07) is 3.34. The number of amides is 1. The molecule has 2 aromatic rings. The monoisotopic (exact) mass is 308 g/mol. The second kappa shape index (κ2) is 6.43. The van der Waals surface area contributed by atoms with Crippen molar-refractivity contribution in [1.82, 2.24) is 19.4 Å². The Balaban J connectivity index is 2.53. The van der Waals surface area contributed by atoms with Crippen molar-refractivity contribution in [3.05, 3.63) is 24.2 Å². The molecule has 2 aromatic heterocycles. The molecular weight excluding hydrogens is 288 g/mol. The van der Waals surface area contributed by atoms with Gasteiger partial charge in [0.05, 0.1) is 5.38 Å². The number of hydrogen-bond acceptors (Lipinski definition) is 3. The van der Waals surface area contributed by atoms with Gasteiger partial charge in [-0.3, -0.25) is 9.36 Å². The molecule has 0 aliphatic rings. The van der Waals surface area contributed by atoms with Gasteiger partial charge >= 0.3 is 0 Å². The van der Waals surface area contributed by atoms with E-state index in [0.29, 0.717) is 24.6 Å². The number of carbonyl (C=O) groups excluding carboxylic acids is 1. The fourth-order valence-corrected chi connectivity index (χ4v) is 2.67. The average molecular weight is 309 g/mol. The van der Waals surface area contributed by atoms with Crippen LogP contribution in [0.2, 0.25) is 0 Å². The molecular formula is C15H21ClN4O. The number of alkyl halides is 1. The highest BCUT2D eigenvalue weighted by Gasteiger charge is 2.26. The average Bonchev–Trinajstić information content (AvgIpc) is 2.87. The Morgan fingerprint density at radius 3 is 2.62 bits per heavy atom. The van der Waals surface area contributed by atoms with Gasteiger partial charge in [0.25, 0.3) is 0 Å². The lowest BCUT2D eigenvalue weighted by molar-refractivity contribution is -0.133. The maximum atomic E-state index is 12.6. The Labute approximate surface area is 129 Å². The molecule has 2 unspecified atom stereocenters. The van der Waals surface area contributed by atoms with E-state index in [1.807, 2.05) is 49.3 Å². The topological polar surface area (TPSA) is 51.0 Å². The van der Waals surface area contributed by atoms with Crippen molar-refractivity contribution in [2.45, 2.75) is 39.1 Å². The molecule has 0 saturated carbocycles. The van der Waals surface area contributed by atoms with E-state index in [4.69, 9.17) is 11.6 Å². The predicted octanol–water partition coefficient (Wildman–Crippen LogP) is 3.16. The summed E-state index contributed by atoms with van der Waals surface area (Å²) in [4.78, 5) is 23.3. The van der Waals surface area contributed by atoms with E-state index in [-0.39, 0.29) is 17.3 Å². The van der Waals surface area contributed by atoms with Crippen molar-refractivity contribution >= 4 is 28.7 Å². The van der Waals surface area contributed by atoms with Gasteiger partial charge in [0, 0.05) is 19.3 Å². The molecule has 2 atom stereocenters. The van der Waals surface area contributed by atoms with E-state index in [0.717, 1.165) is 5.52 Å². The number of halogens is 1. The van der Waals surface area contributed by atoms with Gasteiger partial charge in [-0.15, -0.1) is 11.6 Å². The van der Waals surface area contributed by atoms with Crippen molar-refractivity contribution in [3.8, 4) is 0 Å². The molecule has 0 radical (unpaired) electrons. The molecule has 0 fully saturated rings. The zero-order chi connectivity index (χ0) is 15.6. The van der Waals surface area contributed by atoms with Crippen LogP contribution in [0.5, 0.6) is 0 Å². The van der Waals surface area contributed by atoms with Crippen molar-refractivity contribution in [1.29, 1.82) is 0 Å². The van der Waals surface area contributed by atoms with Crippen molar-refractivity contribution in [2.24, 2.45) is 0 Å². The van der Waals surface area contributed by atoms with Gasteiger partial charge in [-0.2, -0.15) is 0 Å². The number of imidazole rings is 1. The van der Waals surface area contributed by atoms with Gasteiger partial charge in [-0.25, -0.2) is 9.97 Å². The lowest BCUT2D eigenvalue weighted by Gasteiger charge is -2.25. The summed E-state index contributed by atoms with van der Waals surface area (Å²) in [5, 5.41) is -0.286. The van der Waals surface area contributed by atoms with Gasteiger partial charge in [0.1, 0.15) is 17.4 Å². The van der Waals surface area contributed by atoms with Crippen LogP contribution in [0.1, 0.15) is 44.9 Å². The van der Waals surface area contributed by atoms with Gasteiger partial charge in [0.2, 0.25) is 5.91 Å². The van der Waals surface area contributed by atoms with E-state index < -0.39 is 0 Å². The third-order valence-electron chi connectivity index (χ3n) is 3.65. The molecule has 0 bridgehead atoms. The Kier molecular flexibility index (Phi) is 4.83. The molecule has 0 aliphatic carbocycles. The molecule has 6 heteroatoms. The third-order valence-corrected chi connectivity index (χ3v) is 3.85. The number of hydrogen-bond donors (Lipinski definition) is 0. The van der Waals surface area contributed by atoms with Crippen LogP contribution in [0.15, 0.2) is 18.3 Å². The summed E-state index contributed by atoms with van der Waals surface area (Å²) in [5.74, 6) is 0.738. The Morgan fingerprint density at radius 2 is 2.05 bits per heavy atom. The summed E-state index contributed by atoms with van der Waals surface area (Å²) in [7, 11) is 0. The molecule has 21 heavy (non-hydrogen) atoms. The first-order valence-corrected chi connectivity index (χ1v) is 7.70. The summed E-state index contributed by atoms with van der Waals surface area (Å²) < 4.78 is 1.85. The minimum absolute atomic E-state index is 0.0588. The Hall–Kier alpha value is -1.62. The number of carbonyl (C=O) groups is 1. The largest absolute Gasteiger partial charge is 0.341 e. The fourth-order valence-electron chi connectivity index (χ4n) is 2.52. The molecule has 114 valence electrons. The van der Waals surface area contributed by atoms with E-state index in [2.05, 4.69) is 9.97 Å². The van der Waals surface area contributed by atoms with Crippen LogP contribution in [0.25, 0.3) is 11.2 Å². The van der Waals surface area contributed by atoms with Crippen LogP contribution in [0.3, 0.4) is 0 Å². The molecule has 0 aromatic carbocycles. The molecule has 2 heterocycles. The Bertz CT molecular complexity index is 634. The van der Waals surface area contributed by atoms with Crippen LogP contribution in [-0.2, 0) is 4.79 Å². The number of fused-ring (bicyclic) bond motifs is 1. The molecule has 5 nitrogen and oxygen atoms in total. The van der Waals surface area contributed by atoms with Crippen molar-refractivity contribution in [2.75, 3.05) is 13.1 Å². The van der Waals surface area contributed by atoms with Crippen LogP contribution < -0.4 is 0 Å². The standard InChI is InChI=1S/C15H21ClN4O/c1-5-19(6-2)15(21)11(4)20-13(10(3)16)18-12-8-7-9-17-14(12)20/h7-11H,5-6H2,1-4H3. The van der Waals surface area contributed by atoms with Crippen LogP contribution in [-0.4, -0.2) is 38.4 Å². The highest BCUT2D eigenvalue weighted by Crippen LogP contribution is 2.27. The highest BCUT2D eigenvalue weighted by atomic mass is 35.5. The molecule has 0 spiro atoms. The summed E-state index contributed by atoms with van der Waals surface area (Å²) in [6.45, 7) is 9.05.